The zero-order chi connectivity index (χ0) is 16.3. The van der Waals surface area contributed by atoms with E-state index in [1.54, 1.807) is 37.3 Å². The van der Waals surface area contributed by atoms with Crippen LogP contribution in [0.4, 0.5) is 0 Å². The summed E-state index contributed by atoms with van der Waals surface area (Å²) >= 11 is 0. The van der Waals surface area contributed by atoms with Crippen molar-refractivity contribution >= 4 is 15.7 Å². The van der Waals surface area contributed by atoms with E-state index < -0.39 is 10.0 Å². The van der Waals surface area contributed by atoms with Gasteiger partial charge in [0, 0.05) is 5.56 Å². The van der Waals surface area contributed by atoms with Gasteiger partial charge in [0.05, 0.1) is 10.6 Å². The van der Waals surface area contributed by atoms with Gasteiger partial charge in [0.2, 0.25) is 0 Å². The van der Waals surface area contributed by atoms with Gasteiger partial charge in [-0.1, -0.05) is 29.3 Å². The molecule has 0 aliphatic carbocycles. The van der Waals surface area contributed by atoms with E-state index in [2.05, 4.69) is 9.93 Å². The van der Waals surface area contributed by atoms with Crippen LogP contribution in [-0.4, -0.2) is 19.2 Å². The predicted octanol–water partition coefficient (Wildman–Crippen LogP) is 2.71. The number of benzene rings is 2. The molecule has 0 saturated heterocycles. The minimum atomic E-state index is -3.72. The standard InChI is InChI=1S/C16H18N2O3S/c1-11-4-7-14(8-5-11)22(20,21)18-17-13(3)15-10-12(2)6-9-16(15)19/h4-10,18-19H,1-3H3/b17-13+. The number of sulfonamides is 1. The van der Waals surface area contributed by atoms with Gasteiger partial charge in [0.15, 0.2) is 0 Å². The molecule has 2 rings (SSSR count). The Bertz CT molecular complexity index is 810. The Balaban J connectivity index is 2.26. The minimum Gasteiger partial charge on any atom is -0.507 e. The lowest BCUT2D eigenvalue weighted by molar-refractivity contribution is 0.474. The maximum atomic E-state index is 12.2. The summed E-state index contributed by atoms with van der Waals surface area (Å²) in [6.45, 7) is 5.39. The molecule has 0 bridgehead atoms. The van der Waals surface area contributed by atoms with E-state index in [0.29, 0.717) is 11.3 Å². The molecule has 0 radical (unpaired) electrons. The van der Waals surface area contributed by atoms with Crippen molar-refractivity contribution in [2.75, 3.05) is 0 Å². The van der Waals surface area contributed by atoms with Gasteiger partial charge in [-0.15, -0.1) is 0 Å². The molecule has 0 aliphatic rings. The fraction of sp³-hybridized carbons (Fsp3) is 0.188. The molecule has 0 aliphatic heterocycles. The van der Waals surface area contributed by atoms with Crippen LogP contribution in [-0.2, 0) is 10.0 Å². The Kier molecular flexibility index (Phi) is 4.51. The van der Waals surface area contributed by atoms with Crippen LogP contribution in [0.25, 0.3) is 0 Å². The number of hydrogen-bond donors (Lipinski definition) is 2. The van der Waals surface area contributed by atoms with Gasteiger partial charge in [-0.05, 0) is 45.0 Å². The Hall–Kier alpha value is -2.34. The summed E-state index contributed by atoms with van der Waals surface area (Å²) in [4.78, 5) is 2.33. The number of hydrazone groups is 1. The smallest absolute Gasteiger partial charge is 0.276 e. The lowest BCUT2D eigenvalue weighted by Gasteiger charge is -2.07. The highest BCUT2D eigenvalue weighted by atomic mass is 32.2. The minimum absolute atomic E-state index is 0.0568. The van der Waals surface area contributed by atoms with Gasteiger partial charge >= 0.3 is 0 Å². The molecule has 0 saturated carbocycles. The topological polar surface area (TPSA) is 78.8 Å². The van der Waals surface area contributed by atoms with Crippen LogP contribution in [0, 0.1) is 13.8 Å². The van der Waals surface area contributed by atoms with E-state index in [0.717, 1.165) is 11.1 Å². The van der Waals surface area contributed by atoms with Crippen LogP contribution in [0.2, 0.25) is 0 Å². The third kappa shape index (κ3) is 3.65. The van der Waals surface area contributed by atoms with Crippen LogP contribution in [0.15, 0.2) is 52.5 Å². The third-order valence-corrected chi connectivity index (χ3v) is 4.43. The highest BCUT2D eigenvalue weighted by molar-refractivity contribution is 7.89. The molecule has 22 heavy (non-hydrogen) atoms. The van der Waals surface area contributed by atoms with Crippen molar-refractivity contribution < 1.29 is 13.5 Å². The highest BCUT2D eigenvalue weighted by Crippen LogP contribution is 2.19. The van der Waals surface area contributed by atoms with Crippen molar-refractivity contribution in [3.63, 3.8) is 0 Å². The van der Waals surface area contributed by atoms with E-state index in [9.17, 15) is 13.5 Å². The second kappa shape index (κ2) is 6.19. The van der Waals surface area contributed by atoms with Crippen LogP contribution < -0.4 is 4.83 Å². The number of phenols is 1. The summed E-state index contributed by atoms with van der Waals surface area (Å²) in [5, 5.41) is 13.7. The fourth-order valence-electron chi connectivity index (χ4n) is 1.90. The van der Waals surface area contributed by atoms with Gasteiger partial charge in [-0.25, -0.2) is 0 Å². The molecule has 0 atom stereocenters. The molecule has 0 fully saturated rings. The Labute approximate surface area is 130 Å². The summed E-state index contributed by atoms with van der Waals surface area (Å²) in [5.41, 5.74) is 2.80. The summed E-state index contributed by atoms with van der Waals surface area (Å²) < 4.78 is 24.3. The summed E-state index contributed by atoms with van der Waals surface area (Å²) in [5.74, 6) is 0.0568. The number of aryl methyl sites for hydroxylation is 2. The van der Waals surface area contributed by atoms with Crippen molar-refractivity contribution in [3.8, 4) is 5.75 Å². The summed E-state index contributed by atoms with van der Waals surface area (Å²) in [6, 6.07) is 11.5. The molecular weight excluding hydrogens is 300 g/mol. The van der Waals surface area contributed by atoms with Crippen LogP contribution in [0.3, 0.4) is 0 Å². The number of phenolic OH excluding ortho intramolecular Hbond substituents is 1. The number of nitrogens with one attached hydrogen (secondary N) is 1. The van der Waals surface area contributed by atoms with Gasteiger partial charge in [-0.3, -0.25) is 0 Å². The normalized spacial score (nSPS) is 12.2. The maximum absolute atomic E-state index is 12.2. The molecule has 116 valence electrons. The molecule has 2 aromatic carbocycles. The van der Waals surface area contributed by atoms with E-state index in [-0.39, 0.29) is 10.6 Å². The zero-order valence-corrected chi connectivity index (χ0v) is 13.5. The number of nitrogens with zero attached hydrogens (tertiary/aromatic N) is 1. The van der Waals surface area contributed by atoms with Gasteiger partial charge in [0.1, 0.15) is 5.75 Å². The second-order valence-corrected chi connectivity index (χ2v) is 6.79. The fourth-order valence-corrected chi connectivity index (χ4v) is 2.76. The summed E-state index contributed by atoms with van der Waals surface area (Å²) in [7, 11) is -3.72. The first-order chi connectivity index (χ1) is 10.3. The number of hydrogen-bond acceptors (Lipinski definition) is 4. The summed E-state index contributed by atoms with van der Waals surface area (Å²) in [6.07, 6.45) is 0. The Morgan fingerprint density at radius 1 is 1.05 bits per heavy atom. The lowest BCUT2D eigenvalue weighted by atomic mass is 10.1. The monoisotopic (exact) mass is 318 g/mol. The quantitative estimate of drug-likeness (QED) is 0.672. The van der Waals surface area contributed by atoms with E-state index in [1.165, 1.54) is 12.1 Å². The Morgan fingerprint density at radius 2 is 1.64 bits per heavy atom. The van der Waals surface area contributed by atoms with Crippen LogP contribution >= 0.6 is 0 Å². The second-order valence-electron chi connectivity index (χ2n) is 5.13. The number of rotatable bonds is 4. The van der Waals surface area contributed by atoms with Gasteiger partial charge in [0.25, 0.3) is 10.0 Å². The van der Waals surface area contributed by atoms with Crippen molar-refractivity contribution in [2.45, 2.75) is 25.7 Å². The van der Waals surface area contributed by atoms with Gasteiger partial charge in [-0.2, -0.15) is 18.4 Å². The first kappa shape index (κ1) is 16.0. The average Bonchev–Trinajstić information content (AvgIpc) is 2.48. The van der Waals surface area contributed by atoms with Crippen LogP contribution in [0.5, 0.6) is 5.75 Å². The van der Waals surface area contributed by atoms with Crippen molar-refractivity contribution in [2.24, 2.45) is 5.10 Å². The van der Waals surface area contributed by atoms with E-state index in [4.69, 9.17) is 0 Å². The Morgan fingerprint density at radius 3 is 2.27 bits per heavy atom. The van der Waals surface area contributed by atoms with Crippen molar-refractivity contribution in [1.29, 1.82) is 0 Å². The average molecular weight is 318 g/mol. The van der Waals surface area contributed by atoms with Crippen molar-refractivity contribution in [1.82, 2.24) is 4.83 Å². The van der Waals surface area contributed by atoms with Crippen molar-refractivity contribution in [3.05, 3.63) is 59.2 Å². The first-order valence-corrected chi connectivity index (χ1v) is 8.20. The molecule has 0 aromatic heterocycles. The first-order valence-electron chi connectivity index (χ1n) is 6.72. The molecule has 0 amide bonds. The largest absolute Gasteiger partial charge is 0.507 e. The molecule has 6 heteroatoms. The molecule has 0 spiro atoms. The highest BCUT2D eigenvalue weighted by Gasteiger charge is 2.13. The predicted molar refractivity (Wildman–Crippen MR) is 86.6 cm³/mol. The molecule has 2 N–H and O–H groups in total. The van der Waals surface area contributed by atoms with Crippen LogP contribution in [0.1, 0.15) is 23.6 Å². The zero-order valence-electron chi connectivity index (χ0n) is 12.7. The number of aromatic hydroxyl groups is 1. The van der Waals surface area contributed by atoms with E-state index >= 15 is 0 Å². The third-order valence-electron chi connectivity index (χ3n) is 3.21. The molecule has 2 aromatic rings. The molecular formula is C16H18N2O3S. The molecule has 5 nitrogen and oxygen atoms in total. The van der Waals surface area contributed by atoms with E-state index in [1.807, 2.05) is 13.8 Å². The molecule has 0 unspecified atom stereocenters. The van der Waals surface area contributed by atoms with Gasteiger partial charge < -0.3 is 5.11 Å². The SMILES string of the molecule is C/C(=N\NS(=O)(=O)c1ccc(C)cc1)c1cc(C)ccc1O. The molecule has 0 heterocycles. The maximum Gasteiger partial charge on any atom is 0.276 e. The lowest BCUT2D eigenvalue weighted by Crippen LogP contribution is -2.20.